The molecule has 0 spiro atoms. The van der Waals surface area contributed by atoms with Crippen LogP contribution in [0.2, 0.25) is 0 Å². The SMILES string of the molecule is C/C=C/C(C)OC(=O)OC(C)/C=C/C. The Bertz CT molecular complexity index is 197. The molecule has 0 saturated heterocycles. The summed E-state index contributed by atoms with van der Waals surface area (Å²) in [5.41, 5.74) is 0. The summed E-state index contributed by atoms with van der Waals surface area (Å²) < 4.78 is 9.85. The van der Waals surface area contributed by atoms with Gasteiger partial charge in [0.1, 0.15) is 12.2 Å². The van der Waals surface area contributed by atoms with Crippen LogP contribution in [0.25, 0.3) is 0 Å². The summed E-state index contributed by atoms with van der Waals surface area (Å²) in [7, 11) is 0. The quantitative estimate of drug-likeness (QED) is 0.514. The predicted octanol–water partition coefficient (Wildman–Crippen LogP) is 3.07. The van der Waals surface area contributed by atoms with E-state index < -0.39 is 6.16 Å². The first-order valence-electron chi connectivity index (χ1n) is 4.73. The molecule has 0 aromatic carbocycles. The maximum Gasteiger partial charge on any atom is 0.509 e. The Balaban J connectivity index is 3.86. The molecule has 0 aliphatic carbocycles. The molecule has 0 fully saturated rings. The van der Waals surface area contributed by atoms with Crippen LogP contribution >= 0.6 is 0 Å². The molecule has 0 amide bonds. The predicted molar refractivity (Wildman–Crippen MR) is 56.1 cm³/mol. The molecule has 2 atom stereocenters. The topological polar surface area (TPSA) is 35.5 Å². The molecule has 0 rings (SSSR count). The van der Waals surface area contributed by atoms with Crippen LogP contribution in [0.1, 0.15) is 27.7 Å². The minimum absolute atomic E-state index is 0.245. The minimum atomic E-state index is -0.638. The number of carbonyl (C=O) groups is 1. The number of rotatable bonds is 4. The maximum absolute atomic E-state index is 11.1. The lowest BCUT2D eigenvalue weighted by molar-refractivity contribution is 0.0297. The monoisotopic (exact) mass is 198 g/mol. The zero-order valence-corrected chi connectivity index (χ0v) is 9.19. The van der Waals surface area contributed by atoms with Gasteiger partial charge in [-0.15, -0.1) is 0 Å². The van der Waals surface area contributed by atoms with Crippen molar-refractivity contribution in [2.24, 2.45) is 0 Å². The highest BCUT2D eigenvalue weighted by molar-refractivity contribution is 5.60. The molecule has 2 unspecified atom stereocenters. The Kier molecular flexibility index (Phi) is 6.54. The third kappa shape index (κ3) is 6.29. The van der Waals surface area contributed by atoms with E-state index in [-0.39, 0.29) is 12.2 Å². The second-order valence-electron chi connectivity index (χ2n) is 2.95. The van der Waals surface area contributed by atoms with Crippen molar-refractivity contribution < 1.29 is 14.3 Å². The van der Waals surface area contributed by atoms with E-state index in [9.17, 15) is 4.79 Å². The van der Waals surface area contributed by atoms with Gasteiger partial charge in [-0.2, -0.15) is 0 Å². The molecule has 0 heterocycles. The van der Waals surface area contributed by atoms with Crippen molar-refractivity contribution in [3.63, 3.8) is 0 Å². The number of carbonyl (C=O) groups excluding carboxylic acids is 1. The molecular formula is C11H18O3. The van der Waals surface area contributed by atoms with Gasteiger partial charge in [0.15, 0.2) is 0 Å². The van der Waals surface area contributed by atoms with Crippen LogP contribution in [-0.4, -0.2) is 18.4 Å². The molecule has 3 nitrogen and oxygen atoms in total. The number of hydrogen-bond acceptors (Lipinski definition) is 3. The van der Waals surface area contributed by atoms with Crippen molar-refractivity contribution >= 4 is 6.16 Å². The highest BCUT2D eigenvalue weighted by Crippen LogP contribution is 2.00. The van der Waals surface area contributed by atoms with Crippen molar-refractivity contribution in [1.82, 2.24) is 0 Å². The van der Waals surface area contributed by atoms with E-state index in [4.69, 9.17) is 9.47 Å². The van der Waals surface area contributed by atoms with Crippen LogP contribution in [0.3, 0.4) is 0 Å². The second kappa shape index (κ2) is 7.18. The van der Waals surface area contributed by atoms with Gasteiger partial charge < -0.3 is 9.47 Å². The summed E-state index contributed by atoms with van der Waals surface area (Å²) in [6.07, 6.45) is 6.08. The second-order valence-corrected chi connectivity index (χ2v) is 2.95. The largest absolute Gasteiger partial charge is 0.509 e. The minimum Gasteiger partial charge on any atom is -0.427 e. The average Bonchev–Trinajstić information content (AvgIpc) is 2.03. The van der Waals surface area contributed by atoms with Crippen molar-refractivity contribution in [3.05, 3.63) is 24.3 Å². The first-order valence-corrected chi connectivity index (χ1v) is 4.73. The van der Waals surface area contributed by atoms with Gasteiger partial charge in [-0.3, -0.25) is 0 Å². The Morgan fingerprint density at radius 2 is 1.36 bits per heavy atom. The zero-order chi connectivity index (χ0) is 11.0. The molecule has 0 aromatic rings. The summed E-state index contributed by atoms with van der Waals surface area (Å²) in [4.78, 5) is 11.1. The molecule has 0 radical (unpaired) electrons. The molecule has 80 valence electrons. The number of allylic oxidation sites excluding steroid dienone is 2. The van der Waals surface area contributed by atoms with Crippen LogP contribution in [0.15, 0.2) is 24.3 Å². The van der Waals surface area contributed by atoms with Gasteiger partial charge in [0.05, 0.1) is 0 Å². The molecule has 0 N–H and O–H groups in total. The van der Waals surface area contributed by atoms with Crippen LogP contribution in [0.4, 0.5) is 4.79 Å². The van der Waals surface area contributed by atoms with Gasteiger partial charge in [-0.25, -0.2) is 4.79 Å². The molecule has 14 heavy (non-hydrogen) atoms. The zero-order valence-electron chi connectivity index (χ0n) is 9.19. The van der Waals surface area contributed by atoms with Gasteiger partial charge in [0.25, 0.3) is 0 Å². The molecular weight excluding hydrogens is 180 g/mol. The fourth-order valence-corrected chi connectivity index (χ4v) is 0.952. The lowest BCUT2D eigenvalue weighted by Gasteiger charge is -2.11. The maximum atomic E-state index is 11.1. The normalized spacial score (nSPS) is 15.7. The Hall–Kier alpha value is -1.25. The van der Waals surface area contributed by atoms with E-state index >= 15 is 0 Å². The summed E-state index contributed by atoms with van der Waals surface area (Å²) in [6.45, 7) is 7.30. The van der Waals surface area contributed by atoms with Crippen LogP contribution in [0.5, 0.6) is 0 Å². The van der Waals surface area contributed by atoms with Crippen molar-refractivity contribution in [2.75, 3.05) is 0 Å². The smallest absolute Gasteiger partial charge is 0.427 e. The summed E-state index contributed by atoms with van der Waals surface area (Å²) >= 11 is 0. The van der Waals surface area contributed by atoms with E-state index in [1.54, 1.807) is 26.0 Å². The summed E-state index contributed by atoms with van der Waals surface area (Å²) in [5, 5.41) is 0. The van der Waals surface area contributed by atoms with Crippen LogP contribution in [0, 0.1) is 0 Å². The van der Waals surface area contributed by atoms with Crippen molar-refractivity contribution in [3.8, 4) is 0 Å². The number of hydrogen-bond donors (Lipinski definition) is 0. The molecule has 0 aliphatic heterocycles. The number of ether oxygens (including phenoxy) is 2. The van der Waals surface area contributed by atoms with Gasteiger partial charge >= 0.3 is 6.16 Å². The summed E-state index contributed by atoms with van der Waals surface area (Å²) in [6, 6.07) is 0. The molecule has 0 bridgehead atoms. The Labute approximate surface area is 85.4 Å². The first-order chi connectivity index (χ1) is 6.60. The highest BCUT2D eigenvalue weighted by Gasteiger charge is 2.10. The van der Waals surface area contributed by atoms with Gasteiger partial charge in [0.2, 0.25) is 0 Å². The third-order valence-corrected chi connectivity index (χ3v) is 1.49. The first kappa shape index (κ1) is 12.8. The van der Waals surface area contributed by atoms with E-state index in [2.05, 4.69) is 0 Å². The van der Waals surface area contributed by atoms with Crippen molar-refractivity contribution in [2.45, 2.75) is 39.9 Å². The Morgan fingerprint density at radius 3 is 1.64 bits per heavy atom. The van der Waals surface area contributed by atoms with Gasteiger partial charge in [-0.05, 0) is 39.8 Å². The van der Waals surface area contributed by atoms with E-state index in [0.717, 1.165) is 0 Å². The van der Waals surface area contributed by atoms with Crippen LogP contribution in [-0.2, 0) is 9.47 Å². The standard InChI is InChI=1S/C11H18O3/c1-5-7-9(3)13-11(12)14-10(4)8-6-2/h5-10H,1-4H3/b7-5+,8-6+. The molecule has 0 saturated carbocycles. The highest BCUT2D eigenvalue weighted by atomic mass is 16.7. The molecule has 3 heteroatoms. The van der Waals surface area contributed by atoms with Crippen LogP contribution < -0.4 is 0 Å². The lowest BCUT2D eigenvalue weighted by atomic mass is 10.3. The fraction of sp³-hybridized carbons (Fsp3) is 0.545. The van der Waals surface area contributed by atoms with E-state index in [1.807, 2.05) is 26.0 Å². The Morgan fingerprint density at radius 1 is 1.00 bits per heavy atom. The average molecular weight is 198 g/mol. The molecule has 0 aliphatic rings. The lowest BCUT2D eigenvalue weighted by Crippen LogP contribution is -2.18. The third-order valence-electron chi connectivity index (χ3n) is 1.49. The summed E-state index contributed by atoms with van der Waals surface area (Å²) in [5.74, 6) is 0. The fourth-order valence-electron chi connectivity index (χ4n) is 0.952. The van der Waals surface area contributed by atoms with E-state index in [1.165, 1.54) is 0 Å². The molecule has 0 aromatic heterocycles. The van der Waals surface area contributed by atoms with Gasteiger partial charge in [-0.1, -0.05) is 12.2 Å². The van der Waals surface area contributed by atoms with Crippen molar-refractivity contribution in [1.29, 1.82) is 0 Å². The van der Waals surface area contributed by atoms with E-state index in [0.29, 0.717) is 0 Å². The van der Waals surface area contributed by atoms with Gasteiger partial charge in [0, 0.05) is 0 Å².